The lowest BCUT2D eigenvalue weighted by molar-refractivity contribution is -0.379. The van der Waals surface area contributed by atoms with Crippen molar-refractivity contribution < 1.29 is 89.4 Å². The summed E-state index contributed by atoms with van der Waals surface area (Å²) in [5.74, 6) is -0.274. The fourth-order valence-corrected chi connectivity index (χ4v) is 12.5. The Morgan fingerprint density at radius 1 is 0.389 bits per heavy atom. The maximum absolute atomic E-state index is 13.4. The fraction of sp³-hybridized carbons (Fsp3) is 0.829. The van der Waals surface area contributed by atoms with Gasteiger partial charge in [-0.1, -0.05) is 273 Å². The van der Waals surface area contributed by atoms with Crippen molar-refractivity contribution in [2.24, 2.45) is 0 Å². The number of aliphatic hydroxyl groups is 11. The highest BCUT2D eigenvalue weighted by Gasteiger charge is 2.53. The van der Waals surface area contributed by atoms with Crippen LogP contribution in [-0.2, 0) is 33.2 Å². The summed E-state index contributed by atoms with van der Waals surface area (Å²) in [5.41, 5.74) is 0. The lowest BCUT2D eigenvalue weighted by Gasteiger charge is -2.48. The van der Waals surface area contributed by atoms with Gasteiger partial charge in [0.15, 0.2) is 18.9 Å². The average Bonchev–Trinajstić information content (AvgIpc) is 0.799. The van der Waals surface area contributed by atoms with Gasteiger partial charge >= 0.3 is 0 Å². The Hall–Kier alpha value is -2.77. The van der Waals surface area contributed by atoms with Gasteiger partial charge in [0, 0.05) is 6.42 Å². The monoisotopic (exact) mass is 1350 g/mol. The molecular weight excluding hydrogens is 1210 g/mol. The van der Waals surface area contributed by atoms with E-state index in [1.807, 2.05) is 6.08 Å². The molecule has 3 aliphatic rings. The predicted octanol–water partition coefficient (Wildman–Crippen LogP) is 11.3. The molecule has 0 aliphatic carbocycles. The van der Waals surface area contributed by atoms with Crippen molar-refractivity contribution in [1.29, 1.82) is 0 Å². The molecule has 95 heavy (non-hydrogen) atoms. The van der Waals surface area contributed by atoms with Gasteiger partial charge in [0.25, 0.3) is 0 Å². The van der Waals surface area contributed by atoms with Gasteiger partial charge in [0.2, 0.25) is 5.91 Å². The van der Waals surface area contributed by atoms with Crippen molar-refractivity contribution in [3.63, 3.8) is 0 Å². The van der Waals surface area contributed by atoms with Gasteiger partial charge in [0.05, 0.1) is 38.6 Å². The molecule has 3 aliphatic heterocycles. The predicted molar refractivity (Wildman–Crippen MR) is 374 cm³/mol. The highest BCUT2D eigenvalue weighted by Crippen LogP contribution is 2.33. The second kappa shape index (κ2) is 56.9. The molecule has 17 atom stereocenters. The topological polar surface area (TPSA) is 307 Å². The van der Waals surface area contributed by atoms with Crippen molar-refractivity contribution in [3.05, 3.63) is 72.9 Å². The Balaban J connectivity index is 1.34. The lowest BCUT2D eigenvalue weighted by atomic mass is 9.96. The fourth-order valence-electron chi connectivity index (χ4n) is 12.5. The molecule has 19 heteroatoms. The number of hydrogen-bond donors (Lipinski definition) is 12. The van der Waals surface area contributed by atoms with E-state index < -0.39 is 124 Å². The molecule has 3 saturated heterocycles. The van der Waals surface area contributed by atoms with Crippen molar-refractivity contribution >= 4 is 5.91 Å². The summed E-state index contributed by atoms with van der Waals surface area (Å²) in [7, 11) is 0. The maximum Gasteiger partial charge on any atom is 0.220 e. The van der Waals surface area contributed by atoms with Crippen LogP contribution in [-0.4, -0.2) is 193 Å². The summed E-state index contributed by atoms with van der Waals surface area (Å²) in [6.07, 6.45) is 46.1. The van der Waals surface area contributed by atoms with Crippen LogP contribution >= 0.6 is 0 Å². The van der Waals surface area contributed by atoms with Gasteiger partial charge in [0.1, 0.15) is 73.2 Å². The first-order valence-electron chi connectivity index (χ1n) is 37.7. The smallest absolute Gasteiger partial charge is 0.220 e. The van der Waals surface area contributed by atoms with Gasteiger partial charge in [-0.2, -0.15) is 0 Å². The molecule has 3 heterocycles. The van der Waals surface area contributed by atoms with E-state index in [9.17, 15) is 61.0 Å². The number of unbranched alkanes of at least 4 members (excludes halogenated alkanes) is 32. The maximum atomic E-state index is 13.4. The third kappa shape index (κ3) is 38.0. The van der Waals surface area contributed by atoms with Crippen molar-refractivity contribution in [3.8, 4) is 0 Å². The van der Waals surface area contributed by atoms with Crippen molar-refractivity contribution in [2.75, 3.05) is 26.4 Å². The van der Waals surface area contributed by atoms with E-state index in [0.29, 0.717) is 6.42 Å². The van der Waals surface area contributed by atoms with Gasteiger partial charge in [-0.3, -0.25) is 4.79 Å². The second-order valence-corrected chi connectivity index (χ2v) is 26.7. The molecule has 12 N–H and O–H groups in total. The van der Waals surface area contributed by atoms with Crippen LogP contribution in [0.2, 0.25) is 0 Å². The van der Waals surface area contributed by atoms with Crippen LogP contribution in [0, 0.1) is 0 Å². The van der Waals surface area contributed by atoms with E-state index in [1.54, 1.807) is 6.08 Å². The summed E-state index contributed by atoms with van der Waals surface area (Å²) in [5, 5.41) is 121. The largest absolute Gasteiger partial charge is 0.394 e. The number of rotatable bonds is 58. The third-order valence-corrected chi connectivity index (χ3v) is 18.5. The van der Waals surface area contributed by atoms with Crippen LogP contribution in [0.25, 0.3) is 0 Å². The quantitative estimate of drug-likeness (QED) is 0.0199. The van der Waals surface area contributed by atoms with Crippen molar-refractivity contribution in [2.45, 2.75) is 375 Å². The van der Waals surface area contributed by atoms with Gasteiger partial charge < -0.3 is 89.9 Å². The standard InChI is InChI=1S/C76H135NO18/c1-3-5-7-9-11-13-15-17-19-20-21-22-23-24-25-26-27-28-29-30-31-32-33-34-35-36-37-38-40-42-44-46-48-50-52-54-64(82)77-59(60(81)53-51-49-47-45-43-41-39-18-16-14-12-10-8-6-4-2)58-90-74-70(88)67(85)72(62(56-79)92-74)95-76-71(89)68(86)73(63(57-80)93-76)94-75-69(87)66(84)65(83)61(55-78)91-75/h5,7,11,13,17,19,21-22,24-25,51,53,59-63,65-76,78-81,83-89H,3-4,6,8-10,12,14-16,18,20,23,26-50,52,54-58H2,1-2H3,(H,77,82)/b7-5-,13-11-,19-17-,22-21-,25-24-,53-51+. The first-order valence-corrected chi connectivity index (χ1v) is 37.7. The van der Waals surface area contributed by atoms with Crippen LogP contribution in [0.3, 0.4) is 0 Å². The second-order valence-electron chi connectivity index (χ2n) is 26.7. The lowest BCUT2D eigenvalue weighted by Crippen LogP contribution is -2.66. The average molecular weight is 1350 g/mol. The summed E-state index contributed by atoms with van der Waals surface area (Å²) in [6, 6.07) is -0.974. The van der Waals surface area contributed by atoms with Gasteiger partial charge in [-0.15, -0.1) is 0 Å². The number of hydrogen-bond acceptors (Lipinski definition) is 18. The highest BCUT2D eigenvalue weighted by atomic mass is 16.8. The molecular formula is C76H135NO18. The zero-order chi connectivity index (χ0) is 68.9. The summed E-state index contributed by atoms with van der Waals surface area (Å²) in [4.78, 5) is 13.4. The van der Waals surface area contributed by atoms with E-state index in [-0.39, 0.29) is 18.9 Å². The minimum atomic E-state index is -1.98. The summed E-state index contributed by atoms with van der Waals surface area (Å²) < 4.78 is 34.4. The Kier molecular flexibility index (Phi) is 51.8. The molecule has 17 unspecified atom stereocenters. The van der Waals surface area contributed by atoms with Crippen LogP contribution in [0.5, 0.6) is 0 Å². The highest BCUT2D eigenvalue weighted by molar-refractivity contribution is 5.76. The van der Waals surface area contributed by atoms with Crippen LogP contribution in [0.15, 0.2) is 72.9 Å². The SMILES string of the molecule is CC/C=C\C/C=C\C/C=C\C/C=C\C/C=C\CCCCCCCCCCCCCCCCCCCCCC(=O)NC(COC1OC(CO)C(OC2OC(CO)C(OC3OC(CO)C(O)C(O)C3O)C(O)C2O)C(O)C1O)C(O)/C=C/CCCCCCCCCCCCCCC. The van der Waals surface area contributed by atoms with Crippen molar-refractivity contribution in [1.82, 2.24) is 5.32 Å². The molecule has 0 aromatic heterocycles. The Labute approximate surface area is 572 Å². The molecule has 3 fully saturated rings. The molecule has 0 bridgehead atoms. The molecule has 0 aromatic rings. The van der Waals surface area contributed by atoms with E-state index >= 15 is 0 Å². The molecule has 0 spiro atoms. The Bertz CT molecular complexity index is 2000. The minimum Gasteiger partial charge on any atom is -0.394 e. The first-order chi connectivity index (χ1) is 46.3. The Morgan fingerprint density at radius 3 is 1.14 bits per heavy atom. The molecule has 19 nitrogen and oxygen atoms in total. The number of ether oxygens (including phenoxy) is 6. The molecule has 0 aromatic carbocycles. The number of aliphatic hydroxyl groups excluding tert-OH is 11. The zero-order valence-corrected chi connectivity index (χ0v) is 58.6. The van der Waals surface area contributed by atoms with Gasteiger partial charge in [-0.25, -0.2) is 0 Å². The molecule has 3 rings (SSSR count). The molecule has 0 radical (unpaired) electrons. The number of carbonyl (C=O) groups is 1. The zero-order valence-electron chi connectivity index (χ0n) is 58.6. The third-order valence-electron chi connectivity index (χ3n) is 18.5. The van der Waals surface area contributed by atoms with E-state index in [2.05, 4.69) is 79.9 Å². The molecule has 0 saturated carbocycles. The number of amides is 1. The van der Waals surface area contributed by atoms with Gasteiger partial charge in [-0.05, 0) is 64.2 Å². The van der Waals surface area contributed by atoms with E-state index in [4.69, 9.17) is 28.4 Å². The number of carbonyl (C=O) groups excluding carboxylic acids is 1. The van der Waals surface area contributed by atoms with Crippen LogP contribution < -0.4 is 5.32 Å². The normalized spacial score (nSPS) is 27.6. The molecule has 552 valence electrons. The number of nitrogens with one attached hydrogen (secondary N) is 1. The molecule has 1 amide bonds. The van der Waals surface area contributed by atoms with E-state index in [0.717, 1.165) is 77.0 Å². The summed E-state index contributed by atoms with van der Waals surface area (Å²) >= 11 is 0. The van der Waals surface area contributed by atoms with Crippen LogP contribution in [0.4, 0.5) is 0 Å². The van der Waals surface area contributed by atoms with Crippen LogP contribution in [0.1, 0.15) is 271 Å². The first kappa shape index (κ1) is 86.5. The van der Waals surface area contributed by atoms with E-state index in [1.165, 1.54) is 167 Å². The number of allylic oxidation sites excluding steroid dienone is 11. The summed E-state index contributed by atoms with van der Waals surface area (Å²) in [6.45, 7) is 1.63. The minimum absolute atomic E-state index is 0.243. The Morgan fingerprint density at radius 2 is 0.726 bits per heavy atom.